The minimum atomic E-state index is -2.89. The van der Waals surface area contributed by atoms with Gasteiger partial charge in [-0.3, -0.25) is 0 Å². The van der Waals surface area contributed by atoms with E-state index in [2.05, 4.69) is 0 Å². The van der Waals surface area contributed by atoms with Gasteiger partial charge in [0.1, 0.15) is 0 Å². The first-order valence-corrected chi connectivity index (χ1v) is 12.0. The molecule has 0 amide bonds. The Morgan fingerprint density at radius 1 is 1.14 bits per heavy atom. The summed E-state index contributed by atoms with van der Waals surface area (Å²) in [6.07, 6.45) is 0.759. The maximum atomic E-state index is 10.2. The van der Waals surface area contributed by atoms with Crippen molar-refractivity contribution in [3.63, 3.8) is 0 Å². The van der Waals surface area contributed by atoms with Gasteiger partial charge in [-0.1, -0.05) is 0 Å². The molecule has 0 aliphatic heterocycles. The van der Waals surface area contributed by atoms with Gasteiger partial charge in [-0.05, 0) is 32.6 Å². The van der Waals surface area contributed by atoms with E-state index in [4.69, 9.17) is 19.8 Å². The molecule has 0 aromatic carbocycles. The van der Waals surface area contributed by atoms with Gasteiger partial charge in [0.25, 0.3) is 0 Å². The fraction of sp³-hybridized carbons (Fsp3) is 1.00. The smallest absolute Gasteiger partial charge is 0.416 e. The van der Waals surface area contributed by atoms with Gasteiger partial charge in [0.15, 0.2) is 18.1 Å². The lowest BCUT2D eigenvalue weighted by Crippen LogP contribution is -2.48. The standard InChI is InChI=1S/C7H19ClO3Si3/c1-12(2)10-14(9,7-5-6-8)11-13(3)4/h9H,5-7H2,1-4H3. The fourth-order valence-corrected chi connectivity index (χ4v) is 8.49. The Labute approximate surface area is 96.2 Å². The van der Waals surface area contributed by atoms with Crippen LogP contribution in [0.15, 0.2) is 0 Å². The van der Waals surface area contributed by atoms with Crippen LogP contribution in [0, 0.1) is 0 Å². The fourth-order valence-electron chi connectivity index (χ4n) is 1.05. The third-order valence-electron chi connectivity index (χ3n) is 1.35. The zero-order chi connectivity index (χ0) is 11.2. The number of alkyl halides is 1. The average Bonchev–Trinajstić information content (AvgIpc) is 1.97. The van der Waals surface area contributed by atoms with E-state index in [1.807, 2.05) is 26.2 Å². The molecule has 7 heteroatoms. The zero-order valence-electron chi connectivity index (χ0n) is 9.26. The second-order valence-corrected chi connectivity index (χ2v) is 11.1. The van der Waals surface area contributed by atoms with Crippen molar-refractivity contribution in [3.8, 4) is 0 Å². The van der Waals surface area contributed by atoms with Crippen LogP contribution in [0.1, 0.15) is 6.42 Å². The summed E-state index contributed by atoms with van der Waals surface area (Å²) >= 11 is 5.60. The van der Waals surface area contributed by atoms with E-state index in [9.17, 15) is 4.80 Å². The Balaban J connectivity index is 4.17. The summed E-state index contributed by atoms with van der Waals surface area (Å²) in [5, 5.41) is 0. The van der Waals surface area contributed by atoms with Crippen molar-refractivity contribution in [3.05, 3.63) is 0 Å². The van der Waals surface area contributed by atoms with Gasteiger partial charge in [-0.15, -0.1) is 11.6 Å². The van der Waals surface area contributed by atoms with E-state index in [-0.39, 0.29) is 0 Å². The Morgan fingerprint density at radius 2 is 1.57 bits per heavy atom. The number of rotatable bonds is 7. The monoisotopic (exact) mass is 270 g/mol. The van der Waals surface area contributed by atoms with Crippen molar-refractivity contribution >= 4 is 38.5 Å². The second kappa shape index (κ2) is 7.15. The maximum Gasteiger partial charge on any atom is 0.477 e. The van der Waals surface area contributed by atoms with Gasteiger partial charge in [-0.2, -0.15) is 0 Å². The summed E-state index contributed by atoms with van der Waals surface area (Å²) in [5.74, 6) is 0.549. The highest BCUT2D eigenvalue weighted by Crippen LogP contribution is 2.15. The van der Waals surface area contributed by atoms with Crippen LogP contribution in [-0.2, 0) is 8.23 Å². The molecule has 0 aromatic heterocycles. The third kappa shape index (κ3) is 7.16. The molecule has 0 aromatic rings. The highest BCUT2D eigenvalue weighted by molar-refractivity contribution is 6.74. The van der Waals surface area contributed by atoms with Gasteiger partial charge in [0, 0.05) is 11.9 Å². The van der Waals surface area contributed by atoms with Gasteiger partial charge >= 0.3 is 8.80 Å². The largest absolute Gasteiger partial charge is 0.477 e. The molecule has 0 unspecified atom stereocenters. The first-order chi connectivity index (χ1) is 6.39. The van der Waals surface area contributed by atoms with Crippen LogP contribution < -0.4 is 0 Å². The maximum absolute atomic E-state index is 10.2. The Morgan fingerprint density at radius 3 is 1.86 bits per heavy atom. The number of halogens is 1. The molecule has 0 fully saturated rings. The lowest BCUT2D eigenvalue weighted by Gasteiger charge is -2.27. The molecule has 0 aliphatic rings. The van der Waals surface area contributed by atoms with Crippen molar-refractivity contribution in [1.82, 2.24) is 0 Å². The Bertz CT molecular complexity index is 147. The lowest BCUT2D eigenvalue weighted by molar-refractivity contribution is 0.254. The van der Waals surface area contributed by atoms with Crippen LogP contribution in [0.2, 0.25) is 32.2 Å². The number of hydrogen-bond acceptors (Lipinski definition) is 3. The zero-order valence-corrected chi connectivity index (χ0v) is 13.0. The van der Waals surface area contributed by atoms with Crippen molar-refractivity contribution in [1.29, 1.82) is 0 Å². The predicted octanol–water partition coefficient (Wildman–Crippen LogP) is 2.08. The van der Waals surface area contributed by atoms with Gasteiger partial charge < -0.3 is 13.0 Å². The quantitative estimate of drug-likeness (QED) is 0.569. The molecule has 0 saturated heterocycles. The summed E-state index contributed by atoms with van der Waals surface area (Å²) in [4.78, 5) is 10.2. The van der Waals surface area contributed by atoms with Crippen LogP contribution in [0.25, 0.3) is 0 Å². The first-order valence-electron chi connectivity index (χ1n) is 4.66. The van der Waals surface area contributed by atoms with Crippen LogP contribution in [0.5, 0.6) is 0 Å². The lowest BCUT2D eigenvalue weighted by atomic mass is 10.6. The van der Waals surface area contributed by atoms with Crippen molar-refractivity contribution in [2.75, 3.05) is 5.88 Å². The topological polar surface area (TPSA) is 38.7 Å². The summed E-state index contributed by atoms with van der Waals surface area (Å²) in [6.45, 7) is 8.02. The molecule has 0 spiro atoms. The predicted molar refractivity (Wildman–Crippen MR) is 65.3 cm³/mol. The van der Waals surface area contributed by atoms with E-state index >= 15 is 0 Å². The van der Waals surface area contributed by atoms with Crippen LogP contribution in [0.4, 0.5) is 0 Å². The second-order valence-electron chi connectivity index (χ2n) is 3.53. The molecule has 0 rings (SSSR count). The molecule has 3 nitrogen and oxygen atoms in total. The van der Waals surface area contributed by atoms with Gasteiger partial charge in [0.05, 0.1) is 0 Å². The minimum Gasteiger partial charge on any atom is -0.416 e. The van der Waals surface area contributed by atoms with Gasteiger partial charge in [-0.25, -0.2) is 0 Å². The summed E-state index contributed by atoms with van der Waals surface area (Å²) in [6, 6.07) is 0.586. The van der Waals surface area contributed by atoms with E-state index in [0.29, 0.717) is 11.9 Å². The van der Waals surface area contributed by atoms with Crippen molar-refractivity contribution < 1.29 is 13.0 Å². The normalized spacial score (nSPS) is 12.9. The van der Waals surface area contributed by atoms with Crippen LogP contribution in [0.3, 0.4) is 0 Å². The van der Waals surface area contributed by atoms with Crippen LogP contribution in [-0.4, -0.2) is 37.6 Å². The summed E-state index contributed by atoms with van der Waals surface area (Å²) in [5.41, 5.74) is 0. The van der Waals surface area contributed by atoms with E-state index < -0.39 is 26.9 Å². The first kappa shape index (κ1) is 14.8. The van der Waals surface area contributed by atoms with E-state index in [0.717, 1.165) is 6.42 Å². The van der Waals surface area contributed by atoms with Gasteiger partial charge in [0.2, 0.25) is 0 Å². The molecule has 0 atom stereocenters. The molecule has 0 heterocycles. The molecular formula is C7H19ClO3Si3. The molecule has 14 heavy (non-hydrogen) atoms. The van der Waals surface area contributed by atoms with Crippen LogP contribution >= 0.6 is 11.6 Å². The SMILES string of the molecule is C[Si](C)O[Si](O)(CCCCl)O[Si](C)C. The van der Waals surface area contributed by atoms with Crippen molar-refractivity contribution in [2.45, 2.75) is 38.7 Å². The average molecular weight is 271 g/mol. The Hall–Kier alpha value is 0.821. The highest BCUT2D eigenvalue weighted by atomic mass is 35.5. The van der Waals surface area contributed by atoms with E-state index in [1.165, 1.54) is 0 Å². The highest BCUT2D eigenvalue weighted by Gasteiger charge is 2.37. The number of hydrogen-bond donors (Lipinski definition) is 1. The third-order valence-corrected chi connectivity index (χ3v) is 8.42. The Kier molecular flexibility index (Phi) is 7.57. The molecule has 2 radical (unpaired) electrons. The molecule has 1 N–H and O–H groups in total. The summed E-state index contributed by atoms with van der Waals surface area (Å²) in [7, 11) is -4.70. The minimum absolute atomic E-state index is 0.549. The molecular weight excluding hydrogens is 252 g/mol. The molecule has 0 bridgehead atoms. The van der Waals surface area contributed by atoms with E-state index in [1.54, 1.807) is 0 Å². The molecule has 0 aliphatic carbocycles. The molecule has 0 saturated carbocycles. The molecule has 84 valence electrons. The summed E-state index contributed by atoms with van der Waals surface area (Å²) < 4.78 is 11.2. The van der Waals surface area contributed by atoms with Crippen molar-refractivity contribution in [2.24, 2.45) is 0 Å².